The quantitative estimate of drug-likeness (QED) is 0.896. The lowest BCUT2D eigenvalue weighted by atomic mass is 10.2. The van der Waals surface area contributed by atoms with Gasteiger partial charge in [0.1, 0.15) is 5.75 Å². The highest BCUT2D eigenvalue weighted by atomic mass is 16.5. The van der Waals surface area contributed by atoms with Crippen LogP contribution in [0.3, 0.4) is 0 Å². The number of methoxy groups -OCH3 is 1. The molecule has 0 spiro atoms. The summed E-state index contributed by atoms with van der Waals surface area (Å²) in [6.07, 6.45) is 4.47. The fraction of sp³-hybridized carbons (Fsp3) is 0.400. The van der Waals surface area contributed by atoms with Gasteiger partial charge in [0, 0.05) is 51.7 Å². The van der Waals surface area contributed by atoms with Crippen molar-refractivity contribution in [2.75, 3.05) is 33.3 Å². The minimum absolute atomic E-state index is 0.00751. The Balaban J connectivity index is 1.47. The van der Waals surface area contributed by atoms with E-state index in [1.54, 1.807) is 19.5 Å². The number of nitrogens with zero attached hydrogens (tertiary/aromatic N) is 3. The van der Waals surface area contributed by atoms with Crippen molar-refractivity contribution in [3.8, 4) is 5.75 Å². The number of carbonyl (C=O) groups excluding carboxylic acids is 1. The molecule has 0 aliphatic carbocycles. The van der Waals surface area contributed by atoms with Crippen molar-refractivity contribution in [2.45, 2.75) is 19.5 Å². The third-order valence-electron chi connectivity index (χ3n) is 4.63. The third kappa shape index (κ3) is 5.20. The molecule has 1 saturated heterocycles. The van der Waals surface area contributed by atoms with Crippen molar-refractivity contribution in [3.05, 3.63) is 59.9 Å². The number of pyridine rings is 1. The van der Waals surface area contributed by atoms with Crippen molar-refractivity contribution in [1.82, 2.24) is 20.1 Å². The molecular formula is C20H26N4O2. The lowest BCUT2D eigenvalue weighted by Crippen LogP contribution is -2.41. The molecule has 1 aromatic carbocycles. The monoisotopic (exact) mass is 354 g/mol. The second-order valence-corrected chi connectivity index (χ2v) is 6.48. The van der Waals surface area contributed by atoms with Crippen LogP contribution in [-0.4, -0.2) is 54.1 Å². The number of amides is 2. The Morgan fingerprint density at radius 1 is 1.04 bits per heavy atom. The standard InChI is InChI=1S/C20H26N4O2/c1-26-19-5-3-18(4-6-19)16-23-11-2-12-24(14-13-23)20(25)22-15-17-7-9-21-10-8-17/h3-10H,2,11-16H2,1H3,(H,22,25). The van der Waals surface area contributed by atoms with Crippen molar-refractivity contribution in [1.29, 1.82) is 0 Å². The number of hydrogen-bond acceptors (Lipinski definition) is 4. The summed E-state index contributed by atoms with van der Waals surface area (Å²) in [7, 11) is 1.68. The average Bonchev–Trinajstić information content (AvgIpc) is 2.93. The molecule has 6 heteroatoms. The Morgan fingerprint density at radius 2 is 1.81 bits per heavy atom. The van der Waals surface area contributed by atoms with Crippen LogP contribution in [0.25, 0.3) is 0 Å². The number of carbonyl (C=O) groups is 1. The lowest BCUT2D eigenvalue weighted by Gasteiger charge is -2.22. The second kappa shape index (κ2) is 9.20. The summed E-state index contributed by atoms with van der Waals surface area (Å²) in [4.78, 5) is 20.7. The van der Waals surface area contributed by atoms with Gasteiger partial charge in [0.15, 0.2) is 0 Å². The maximum Gasteiger partial charge on any atom is 0.317 e. The van der Waals surface area contributed by atoms with Crippen LogP contribution < -0.4 is 10.1 Å². The molecule has 2 aromatic rings. The largest absolute Gasteiger partial charge is 0.497 e. The summed E-state index contributed by atoms with van der Waals surface area (Å²) in [6, 6.07) is 12.0. The van der Waals surface area contributed by atoms with Crippen molar-refractivity contribution < 1.29 is 9.53 Å². The van der Waals surface area contributed by atoms with Crippen molar-refractivity contribution in [2.24, 2.45) is 0 Å². The van der Waals surface area contributed by atoms with Gasteiger partial charge in [-0.05, 0) is 41.8 Å². The Bertz CT molecular complexity index is 691. The molecule has 1 aliphatic rings. The second-order valence-electron chi connectivity index (χ2n) is 6.48. The zero-order valence-electron chi connectivity index (χ0n) is 15.2. The number of benzene rings is 1. The summed E-state index contributed by atoms with van der Waals surface area (Å²) in [5.74, 6) is 0.877. The van der Waals surface area contributed by atoms with Gasteiger partial charge in [-0.3, -0.25) is 9.88 Å². The van der Waals surface area contributed by atoms with Crippen molar-refractivity contribution >= 4 is 6.03 Å². The molecule has 2 amide bonds. The average molecular weight is 354 g/mol. The molecule has 0 unspecified atom stereocenters. The Hall–Kier alpha value is -2.60. The van der Waals surface area contributed by atoms with E-state index >= 15 is 0 Å². The molecule has 1 aliphatic heterocycles. The van der Waals surface area contributed by atoms with E-state index in [1.807, 2.05) is 29.2 Å². The summed E-state index contributed by atoms with van der Waals surface area (Å²) in [6.45, 7) is 4.86. The third-order valence-corrected chi connectivity index (χ3v) is 4.63. The van der Waals surface area contributed by atoms with Gasteiger partial charge in [0.05, 0.1) is 7.11 Å². The lowest BCUT2D eigenvalue weighted by molar-refractivity contribution is 0.197. The predicted molar refractivity (Wildman–Crippen MR) is 101 cm³/mol. The van der Waals surface area contributed by atoms with Crippen LogP contribution in [0.1, 0.15) is 17.5 Å². The first kappa shape index (κ1) is 18.2. The van der Waals surface area contributed by atoms with Crippen LogP contribution in [0.2, 0.25) is 0 Å². The number of nitrogens with one attached hydrogen (secondary N) is 1. The number of urea groups is 1. The molecular weight excluding hydrogens is 328 g/mol. The zero-order valence-corrected chi connectivity index (χ0v) is 15.2. The van der Waals surface area contributed by atoms with E-state index in [0.29, 0.717) is 6.54 Å². The molecule has 1 N–H and O–H groups in total. The van der Waals surface area contributed by atoms with Crippen LogP contribution in [0.15, 0.2) is 48.8 Å². The van der Waals surface area contributed by atoms with E-state index in [2.05, 4.69) is 27.3 Å². The van der Waals surface area contributed by atoms with Gasteiger partial charge in [0.2, 0.25) is 0 Å². The molecule has 0 radical (unpaired) electrons. The van der Waals surface area contributed by atoms with Crippen LogP contribution in [0.5, 0.6) is 5.75 Å². The first-order chi connectivity index (χ1) is 12.7. The maximum absolute atomic E-state index is 12.4. The summed E-state index contributed by atoms with van der Waals surface area (Å²) in [5.41, 5.74) is 2.32. The topological polar surface area (TPSA) is 57.7 Å². The highest BCUT2D eigenvalue weighted by Crippen LogP contribution is 2.14. The molecule has 3 rings (SSSR count). The van der Waals surface area contributed by atoms with Gasteiger partial charge < -0.3 is 15.0 Å². The van der Waals surface area contributed by atoms with Crippen LogP contribution in [-0.2, 0) is 13.1 Å². The maximum atomic E-state index is 12.4. The molecule has 6 nitrogen and oxygen atoms in total. The van der Waals surface area contributed by atoms with E-state index in [4.69, 9.17) is 4.74 Å². The van der Waals surface area contributed by atoms with Gasteiger partial charge in [-0.2, -0.15) is 0 Å². The highest BCUT2D eigenvalue weighted by molar-refractivity contribution is 5.74. The predicted octanol–water partition coefficient (Wildman–Crippen LogP) is 2.51. The van der Waals surface area contributed by atoms with Gasteiger partial charge in [-0.1, -0.05) is 12.1 Å². The van der Waals surface area contributed by atoms with Gasteiger partial charge in [-0.15, -0.1) is 0 Å². The van der Waals surface area contributed by atoms with E-state index < -0.39 is 0 Å². The molecule has 0 bridgehead atoms. The van der Waals surface area contributed by atoms with E-state index in [1.165, 1.54) is 5.56 Å². The summed E-state index contributed by atoms with van der Waals surface area (Å²) in [5, 5.41) is 3.00. The highest BCUT2D eigenvalue weighted by Gasteiger charge is 2.19. The van der Waals surface area contributed by atoms with Gasteiger partial charge in [-0.25, -0.2) is 4.79 Å². The van der Waals surface area contributed by atoms with E-state index in [-0.39, 0.29) is 6.03 Å². The SMILES string of the molecule is COc1ccc(CN2CCCN(C(=O)NCc3ccncc3)CC2)cc1. The smallest absolute Gasteiger partial charge is 0.317 e. The van der Waals surface area contributed by atoms with Crippen LogP contribution in [0.4, 0.5) is 4.79 Å². The van der Waals surface area contributed by atoms with Crippen molar-refractivity contribution in [3.63, 3.8) is 0 Å². The number of ether oxygens (including phenoxy) is 1. The number of rotatable bonds is 5. The molecule has 0 atom stereocenters. The number of aromatic nitrogens is 1. The number of hydrogen-bond donors (Lipinski definition) is 1. The summed E-state index contributed by atoms with van der Waals surface area (Å²) < 4.78 is 5.21. The van der Waals surface area contributed by atoms with E-state index in [0.717, 1.165) is 50.5 Å². The fourth-order valence-corrected chi connectivity index (χ4v) is 3.11. The van der Waals surface area contributed by atoms with Gasteiger partial charge >= 0.3 is 6.03 Å². The molecule has 1 fully saturated rings. The Morgan fingerprint density at radius 3 is 2.54 bits per heavy atom. The van der Waals surface area contributed by atoms with Crippen LogP contribution in [0, 0.1) is 0 Å². The molecule has 1 aromatic heterocycles. The van der Waals surface area contributed by atoms with E-state index in [9.17, 15) is 4.79 Å². The molecule has 26 heavy (non-hydrogen) atoms. The molecule has 2 heterocycles. The molecule has 0 saturated carbocycles. The van der Waals surface area contributed by atoms with Gasteiger partial charge in [0.25, 0.3) is 0 Å². The summed E-state index contributed by atoms with van der Waals surface area (Å²) >= 11 is 0. The fourth-order valence-electron chi connectivity index (χ4n) is 3.11. The minimum Gasteiger partial charge on any atom is -0.497 e. The first-order valence-corrected chi connectivity index (χ1v) is 9.01. The first-order valence-electron chi connectivity index (χ1n) is 9.01. The normalized spacial score (nSPS) is 15.3. The zero-order chi connectivity index (χ0) is 18.2. The van der Waals surface area contributed by atoms with Crippen LogP contribution >= 0.6 is 0 Å². The Kier molecular flexibility index (Phi) is 6.44. The minimum atomic E-state index is 0.00751. The Labute approximate surface area is 154 Å². The molecule has 138 valence electrons.